The van der Waals surface area contributed by atoms with Crippen molar-refractivity contribution in [3.63, 3.8) is 0 Å². The van der Waals surface area contributed by atoms with Crippen LogP contribution in [0.4, 0.5) is 5.82 Å². The smallest absolute Gasteiger partial charge is 0.225 e. The number of aromatic nitrogens is 2. The molecule has 108 valence electrons. The fourth-order valence-electron chi connectivity index (χ4n) is 2.58. The summed E-state index contributed by atoms with van der Waals surface area (Å²) in [5, 5.41) is 7.11. The van der Waals surface area contributed by atoms with Gasteiger partial charge in [0.25, 0.3) is 0 Å². The molecule has 3 N–H and O–H groups in total. The van der Waals surface area contributed by atoms with Gasteiger partial charge in [-0.05, 0) is 25.2 Å². The van der Waals surface area contributed by atoms with Crippen molar-refractivity contribution in [2.24, 2.45) is 11.7 Å². The summed E-state index contributed by atoms with van der Waals surface area (Å²) in [6, 6.07) is 2.03. The molecule has 6 heteroatoms. The van der Waals surface area contributed by atoms with Crippen molar-refractivity contribution in [1.29, 1.82) is 0 Å². The Morgan fingerprint density at radius 1 is 1.58 bits per heavy atom. The topological polar surface area (TPSA) is 72.9 Å². The number of hydrogen-bond donors (Lipinski definition) is 2. The van der Waals surface area contributed by atoms with Gasteiger partial charge in [0, 0.05) is 25.1 Å². The average molecular weight is 287 g/mol. The van der Waals surface area contributed by atoms with E-state index in [1.54, 1.807) is 6.20 Å². The van der Waals surface area contributed by atoms with Gasteiger partial charge in [-0.15, -0.1) is 12.4 Å². The first-order valence-corrected chi connectivity index (χ1v) is 6.78. The van der Waals surface area contributed by atoms with Gasteiger partial charge in [-0.3, -0.25) is 4.79 Å². The second kappa shape index (κ2) is 7.50. The van der Waals surface area contributed by atoms with Crippen LogP contribution in [-0.4, -0.2) is 21.7 Å². The van der Waals surface area contributed by atoms with Crippen molar-refractivity contribution in [3.05, 3.63) is 12.3 Å². The molecule has 2 rings (SSSR count). The van der Waals surface area contributed by atoms with Crippen LogP contribution in [0.15, 0.2) is 12.3 Å². The van der Waals surface area contributed by atoms with Gasteiger partial charge in [0.15, 0.2) is 0 Å². The van der Waals surface area contributed by atoms with E-state index in [0.29, 0.717) is 12.3 Å². The van der Waals surface area contributed by atoms with Gasteiger partial charge in [0.05, 0.1) is 6.20 Å². The van der Waals surface area contributed by atoms with Crippen LogP contribution in [-0.2, 0) is 11.3 Å². The maximum absolute atomic E-state index is 12.0. The van der Waals surface area contributed by atoms with Crippen LogP contribution in [0.5, 0.6) is 0 Å². The van der Waals surface area contributed by atoms with Gasteiger partial charge in [-0.25, -0.2) is 4.68 Å². The van der Waals surface area contributed by atoms with Gasteiger partial charge in [-0.2, -0.15) is 5.10 Å². The summed E-state index contributed by atoms with van der Waals surface area (Å²) in [4.78, 5) is 12.0. The predicted octanol–water partition coefficient (Wildman–Crippen LogP) is 2.17. The molecular weight excluding hydrogens is 264 g/mol. The van der Waals surface area contributed by atoms with Crippen molar-refractivity contribution >= 4 is 24.1 Å². The van der Waals surface area contributed by atoms with E-state index in [9.17, 15) is 4.79 Å². The van der Waals surface area contributed by atoms with Crippen LogP contribution < -0.4 is 11.1 Å². The first-order valence-electron chi connectivity index (χ1n) is 6.78. The maximum atomic E-state index is 12.0. The molecule has 0 radical (unpaired) electrons. The van der Waals surface area contributed by atoms with E-state index in [0.717, 1.165) is 38.0 Å². The molecule has 2 atom stereocenters. The first-order chi connectivity index (χ1) is 8.70. The van der Waals surface area contributed by atoms with Crippen LogP contribution >= 0.6 is 12.4 Å². The lowest BCUT2D eigenvalue weighted by atomic mass is 10.00. The van der Waals surface area contributed by atoms with E-state index in [-0.39, 0.29) is 24.4 Å². The zero-order chi connectivity index (χ0) is 13.0. The van der Waals surface area contributed by atoms with Crippen molar-refractivity contribution in [3.8, 4) is 0 Å². The molecule has 1 amide bonds. The number of nitrogens with zero attached hydrogens (tertiary/aromatic N) is 2. The zero-order valence-corrected chi connectivity index (χ0v) is 12.2. The molecule has 0 bridgehead atoms. The second-order valence-electron chi connectivity index (χ2n) is 5.05. The van der Waals surface area contributed by atoms with Crippen LogP contribution in [0.2, 0.25) is 0 Å². The number of hydrogen-bond acceptors (Lipinski definition) is 3. The number of nitrogens with two attached hydrogens (primary N) is 1. The summed E-state index contributed by atoms with van der Waals surface area (Å²) in [5.41, 5.74) is 5.98. The lowest BCUT2D eigenvalue weighted by molar-refractivity contribution is -0.117. The predicted molar refractivity (Wildman–Crippen MR) is 78.3 cm³/mol. The zero-order valence-electron chi connectivity index (χ0n) is 11.3. The summed E-state index contributed by atoms with van der Waals surface area (Å²) in [5.74, 6) is 1.18. The van der Waals surface area contributed by atoms with Crippen molar-refractivity contribution in [1.82, 2.24) is 9.78 Å². The fourth-order valence-corrected chi connectivity index (χ4v) is 2.58. The third-order valence-electron chi connectivity index (χ3n) is 3.58. The number of carbonyl (C=O) groups is 1. The molecule has 1 aliphatic carbocycles. The highest BCUT2D eigenvalue weighted by Crippen LogP contribution is 2.27. The molecule has 0 unspecified atom stereocenters. The highest BCUT2D eigenvalue weighted by atomic mass is 35.5. The minimum absolute atomic E-state index is 0. The van der Waals surface area contributed by atoms with E-state index < -0.39 is 0 Å². The molecule has 1 aromatic heterocycles. The van der Waals surface area contributed by atoms with E-state index in [1.807, 2.05) is 10.7 Å². The molecule has 1 fully saturated rings. The molecule has 1 aromatic rings. The van der Waals surface area contributed by atoms with Crippen LogP contribution in [0.1, 0.15) is 39.0 Å². The minimum Gasteiger partial charge on any atom is -0.327 e. The van der Waals surface area contributed by atoms with E-state index >= 15 is 0 Å². The Hall–Kier alpha value is -1.07. The van der Waals surface area contributed by atoms with E-state index in [2.05, 4.69) is 17.3 Å². The Morgan fingerprint density at radius 3 is 3.00 bits per heavy atom. The Morgan fingerprint density at radius 2 is 2.37 bits per heavy atom. The number of anilines is 1. The van der Waals surface area contributed by atoms with Gasteiger partial charge in [0.1, 0.15) is 5.82 Å². The summed E-state index contributed by atoms with van der Waals surface area (Å²) < 4.78 is 1.83. The third kappa shape index (κ3) is 4.21. The quantitative estimate of drug-likeness (QED) is 0.871. The SMILES string of the molecule is CCCn1nccc1NC(=O)C[C@@H]1CCC[C@H]1N.Cl. The van der Waals surface area contributed by atoms with Crippen molar-refractivity contribution in [2.45, 2.75) is 51.6 Å². The van der Waals surface area contributed by atoms with E-state index in [1.165, 1.54) is 0 Å². The van der Waals surface area contributed by atoms with Crippen LogP contribution in [0.3, 0.4) is 0 Å². The van der Waals surface area contributed by atoms with Crippen LogP contribution in [0.25, 0.3) is 0 Å². The minimum atomic E-state index is 0. The number of amides is 1. The van der Waals surface area contributed by atoms with Gasteiger partial charge in [-0.1, -0.05) is 13.3 Å². The Bertz CT molecular complexity index is 407. The van der Waals surface area contributed by atoms with Crippen molar-refractivity contribution < 1.29 is 4.79 Å². The lowest BCUT2D eigenvalue weighted by Crippen LogP contribution is -2.28. The molecule has 0 saturated heterocycles. The highest BCUT2D eigenvalue weighted by Gasteiger charge is 2.26. The Kier molecular flexibility index (Phi) is 6.31. The molecule has 1 aliphatic rings. The maximum Gasteiger partial charge on any atom is 0.225 e. The number of aryl methyl sites for hydroxylation is 1. The molecular formula is C13H23ClN4O. The van der Waals surface area contributed by atoms with Crippen LogP contribution in [0, 0.1) is 5.92 Å². The Labute approximate surface area is 120 Å². The molecule has 0 aliphatic heterocycles. The van der Waals surface area contributed by atoms with Gasteiger partial charge >= 0.3 is 0 Å². The molecule has 1 heterocycles. The Balaban J connectivity index is 0.00000180. The second-order valence-corrected chi connectivity index (χ2v) is 5.05. The third-order valence-corrected chi connectivity index (χ3v) is 3.58. The molecule has 0 spiro atoms. The lowest BCUT2D eigenvalue weighted by Gasteiger charge is -2.15. The normalized spacial score (nSPS) is 22.0. The largest absolute Gasteiger partial charge is 0.327 e. The van der Waals surface area contributed by atoms with E-state index in [4.69, 9.17) is 5.73 Å². The molecule has 5 nitrogen and oxygen atoms in total. The summed E-state index contributed by atoms with van der Waals surface area (Å²) >= 11 is 0. The first kappa shape index (κ1) is 16.0. The summed E-state index contributed by atoms with van der Waals surface area (Å²) in [6.45, 7) is 2.91. The summed E-state index contributed by atoms with van der Waals surface area (Å²) in [7, 11) is 0. The number of nitrogens with one attached hydrogen (secondary N) is 1. The molecule has 1 saturated carbocycles. The number of halogens is 1. The summed E-state index contributed by atoms with van der Waals surface area (Å²) in [6.07, 6.45) is 6.50. The van der Waals surface area contributed by atoms with Gasteiger partial charge in [0.2, 0.25) is 5.91 Å². The molecule has 0 aromatic carbocycles. The monoisotopic (exact) mass is 286 g/mol. The standard InChI is InChI=1S/C13H22N4O.ClH/c1-2-8-17-12(6-7-15-17)16-13(18)9-10-4-3-5-11(10)14;/h6-7,10-11H,2-5,8-9,14H2,1H3,(H,16,18);1H/t10-,11+;/m0./s1. The number of rotatable bonds is 5. The fraction of sp³-hybridized carbons (Fsp3) is 0.692. The van der Waals surface area contributed by atoms with Gasteiger partial charge < -0.3 is 11.1 Å². The molecule has 19 heavy (non-hydrogen) atoms. The highest BCUT2D eigenvalue weighted by molar-refractivity contribution is 5.90. The number of carbonyl (C=O) groups excluding carboxylic acids is 1. The average Bonchev–Trinajstić information content (AvgIpc) is 2.91. The van der Waals surface area contributed by atoms with Crippen molar-refractivity contribution in [2.75, 3.05) is 5.32 Å².